The van der Waals surface area contributed by atoms with Crippen LogP contribution in [-0.2, 0) is 4.74 Å². The van der Waals surface area contributed by atoms with Crippen LogP contribution in [0.5, 0.6) is 0 Å². The molecule has 4 heterocycles. The molecule has 2 fully saturated rings. The Morgan fingerprint density at radius 3 is 2.87 bits per heavy atom. The third-order valence-corrected chi connectivity index (χ3v) is 5.30. The number of ether oxygens (including phenoxy) is 1. The minimum atomic E-state index is -0.560. The Bertz CT molecular complexity index is 657. The van der Waals surface area contributed by atoms with Gasteiger partial charge in [-0.2, -0.15) is 5.10 Å². The van der Waals surface area contributed by atoms with Crippen LogP contribution < -0.4 is 0 Å². The van der Waals surface area contributed by atoms with Crippen molar-refractivity contribution >= 4 is 11.0 Å². The summed E-state index contributed by atoms with van der Waals surface area (Å²) in [5, 5.41) is 19.3. The van der Waals surface area contributed by atoms with Gasteiger partial charge in [0.15, 0.2) is 5.65 Å². The summed E-state index contributed by atoms with van der Waals surface area (Å²) in [6.45, 7) is 4.18. The molecular weight excluding hydrogens is 292 g/mol. The number of pyridine rings is 1. The van der Waals surface area contributed by atoms with Gasteiger partial charge in [-0.1, -0.05) is 0 Å². The van der Waals surface area contributed by atoms with Crippen molar-refractivity contribution in [2.75, 3.05) is 32.8 Å². The fraction of sp³-hybridized carbons (Fsp3) is 0.647. The van der Waals surface area contributed by atoms with Crippen molar-refractivity contribution < 1.29 is 9.84 Å². The molecule has 0 bridgehead atoms. The second-order valence-electron chi connectivity index (χ2n) is 6.90. The molecule has 0 amide bonds. The second kappa shape index (κ2) is 6.19. The third-order valence-electron chi connectivity index (χ3n) is 5.30. The quantitative estimate of drug-likeness (QED) is 0.901. The van der Waals surface area contributed by atoms with E-state index in [0.29, 0.717) is 19.1 Å². The minimum absolute atomic E-state index is 0.504. The van der Waals surface area contributed by atoms with Gasteiger partial charge in [-0.15, -0.1) is 0 Å². The Labute approximate surface area is 135 Å². The van der Waals surface area contributed by atoms with Crippen molar-refractivity contribution in [1.82, 2.24) is 20.1 Å². The number of β-amino-alcohol motifs (C(OH)–C–C–N with tert-alkyl or cyclic N) is 1. The lowest BCUT2D eigenvalue weighted by atomic mass is 9.89. The molecule has 2 N–H and O–H groups in total. The van der Waals surface area contributed by atoms with Gasteiger partial charge in [0.1, 0.15) is 0 Å². The second-order valence-corrected chi connectivity index (χ2v) is 6.90. The average Bonchev–Trinajstić information content (AvgIpc) is 3.00. The molecule has 0 aromatic carbocycles. The molecule has 0 unspecified atom stereocenters. The summed E-state index contributed by atoms with van der Waals surface area (Å²) in [6.07, 6.45) is 5.48. The van der Waals surface area contributed by atoms with E-state index in [0.717, 1.165) is 56.4 Å². The molecule has 2 aromatic rings. The fourth-order valence-electron chi connectivity index (χ4n) is 3.89. The van der Waals surface area contributed by atoms with E-state index in [9.17, 15) is 5.11 Å². The van der Waals surface area contributed by atoms with Crippen LogP contribution in [0, 0.1) is 0 Å². The number of fused-ring (bicyclic) bond motifs is 1. The van der Waals surface area contributed by atoms with Crippen LogP contribution in [0.15, 0.2) is 18.3 Å². The topological polar surface area (TPSA) is 74.3 Å². The lowest BCUT2D eigenvalue weighted by molar-refractivity contribution is -0.0821. The van der Waals surface area contributed by atoms with Crippen molar-refractivity contribution in [2.24, 2.45) is 0 Å². The van der Waals surface area contributed by atoms with Gasteiger partial charge in [-0.05, 0) is 38.1 Å². The number of nitrogens with zero attached hydrogens (tertiary/aromatic N) is 3. The fourth-order valence-corrected chi connectivity index (χ4v) is 3.89. The largest absolute Gasteiger partial charge is 0.388 e. The molecule has 6 nitrogen and oxygen atoms in total. The molecule has 0 saturated carbocycles. The first-order valence-corrected chi connectivity index (χ1v) is 8.55. The number of aliphatic hydroxyl groups is 1. The van der Waals surface area contributed by atoms with E-state index in [1.54, 1.807) is 6.20 Å². The molecule has 2 aliphatic heterocycles. The van der Waals surface area contributed by atoms with E-state index in [1.807, 2.05) is 6.07 Å². The summed E-state index contributed by atoms with van der Waals surface area (Å²) in [4.78, 5) is 6.70. The number of hydrogen-bond donors (Lipinski definition) is 2. The molecular formula is C17H24N4O2. The average molecular weight is 316 g/mol. The highest BCUT2D eigenvalue weighted by atomic mass is 16.5. The lowest BCUT2D eigenvalue weighted by Gasteiger charge is -2.39. The molecule has 0 aliphatic carbocycles. The van der Waals surface area contributed by atoms with Crippen LogP contribution >= 0.6 is 0 Å². The van der Waals surface area contributed by atoms with Crippen molar-refractivity contribution in [3.63, 3.8) is 0 Å². The summed E-state index contributed by atoms with van der Waals surface area (Å²) in [6, 6.07) is 4.06. The molecule has 2 saturated heterocycles. The van der Waals surface area contributed by atoms with Crippen LogP contribution in [0.2, 0.25) is 0 Å². The first kappa shape index (κ1) is 15.1. The number of piperidine rings is 1. The smallest absolute Gasteiger partial charge is 0.181 e. The van der Waals surface area contributed by atoms with E-state index < -0.39 is 5.60 Å². The molecule has 23 heavy (non-hydrogen) atoms. The Morgan fingerprint density at radius 2 is 2.09 bits per heavy atom. The molecule has 4 rings (SSSR count). The van der Waals surface area contributed by atoms with Crippen molar-refractivity contribution in [3.8, 4) is 0 Å². The van der Waals surface area contributed by atoms with Gasteiger partial charge in [-0.25, -0.2) is 4.98 Å². The maximum Gasteiger partial charge on any atom is 0.181 e. The zero-order valence-corrected chi connectivity index (χ0v) is 13.4. The zero-order valence-electron chi connectivity index (χ0n) is 13.4. The van der Waals surface area contributed by atoms with Gasteiger partial charge in [-0.3, -0.25) is 5.10 Å². The van der Waals surface area contributed by atoms with Gasteiger partial charge in [0.25, 0.3) is 0 Å². The van der Waals surface area contributed by atoms with Gasteiger partial charge in [0, 0.05) is 55.8 Å². The number of aromatic nitrogens is 3. The Hall–Kier alpha value is -1.50. The molecule has 2 aromatic heterocycles. The first-order chi connectivity index (χ1) is 11.2. The van der Waals surface area contributed by atoms with Crippen LogP contribution in [0.25, 0.3) is 11.0 Å². The monoisotopic (exact) mass is 316 g/mol. The van der Waals surface area contributed by atoms with Crippen molar-refractivity contribution in [3.05, 3.63) is 24.0 Å². The Morgan fingerprint density at radius 1 is 1.30 bits per heavy atom. The summed E-state index contributed by atoms with van der Waals surface area (Å²) in [5.41, 5.74) is 1.47. The van der Waals surface area contributed by atoms with Crippen molar-refractivity contribution in [1.29, 1.82) is 0 Å². The number of H-pyrrole nitrogens is 1. The highest BCUT2D eigenvalue weighted by Gasteiger charge is 2.33. The van der Waals surface area contributed by atoms with E-state index >= 15 is 0 Å². The summed E-state index contributed by atoms with van der Waals surface area (Å²) >= 11 is 0. The standard InChI is InChI=1S/C17H24N4O2/c22-17(5-10-23-11-6-17)12-21-8-3-13(4-9-21)15-14-2-1-7-18-16(14)20-19-15/h1-2,7,13,22H,3-6,8-12H2,(H,18,19,20). The number of nitrogens with one attached hydrogen (secondary N) is 1. The maximum absolute atomic E-state index is 10.7. The van der Waals surface area contributed by atoms with E-state index in [4.69, 9.17) is 4.74 Å². The van der Waals surface area contributed by atoms with E-state index in [2.05, 4.69) is 26.1 Å². The number of aromatic amines is 1. The first-order valence-electron chi connectivity index (χ1n) is 8.55. The SMILES string of the molecule is OC1(CN2CCC(c3[nH]nc4ncccc34)CC2)CCOCC1. The van der Waals surface area contributed by atoms with Gasteiger partial charge < -0.3 is 14.7 Å². The molecule has 2 aliphatic rings. The van der Waals surface area contributed by atoms with Crippen LogP contribution in [0.1, 0.15) is 37.3 Å². The Kier molecular flexibility index (Phi) is 4.05. The maximum atomic E-state index is 10.7. The predicted molar refractivity (Wildman–Crippen MR) is 87.3 cm³/mol. The predicted octanol–water partition coefficient (Wildman–Crippen LogP) is 1.68. The van der Waals surface area contributed by atoms with E-state index in [-0.39, 0.29) is 0 Å². The number of hydrogen-bond acceptors (Lipinski definition) is 5. The van der Waals surface area contributed by atoms with Gasteiger partial charge in [0.05, 0.1) is 5.60 Å². The lowest BCUT2D eigenvalue weighted by Crippen LogP contribution is -2.48. The van der Waals surface area contributed by atoms with Crippen LogP contribution in [-0.4, -0.2) is 63.6 Å². The zero-order chi connectivity index (χ0) is 15.7. The summed E-state index contributed by atoms with van der Waals surface area (Å²) < 4.78 is 5.37. The molecule has 0 radical (unpaired) electrons. The van der Waals surface area contributed by atoms with Crippen molar-refractivity contribution in [2.45, 2.75) is 37.2 Å². The minimum Gasteiger partial charge on any atom is -0.388 e. The Balaban J connectivity index is 1.39. The normalized spacial score (nSPS) is 23.3. The van der Waals surface area contributed by atoms with Crippen LogP contribution in [0.4, 0.5) is 0 Å². The number of likely N-dealkylation sites (tertiary alicyclic amines) is 1. The highest BCUT2D eigenvalue weighted by Crippen LogP contribution is 2.32. The highest BCUT2D eigenvalue weighted by molar-refractivity contribution is 5.77. The van der Waals surface area contributed by atoms with E-state index in [1.165, 1.54) is 5.69 Å². The molecule has 0 spiro atoms. The molecule has 0 atom stereocenters. The number of rotatable bonds is 3. The third kappa shape index (κ3) is 3.11. The molecule has 6 heteroatoms. The van der Waals surface area contributed by atoms with Gasteiger partial charge in [0.2, 0.25) is 0 Å². The molecule has 124 valence electrons. The van der Waals surface area contributed by atoms with Gasteiger partial charge >= 0.3 is 0 Å². The summed E-state index contributed by atoms with van der Waals surface area (Å²) in [7, 11) is 0. The summed E-state index contributed by atoms with van der Waals surface area (Å²) in [5.74, 6) is 0.504. The van der Waals surface area contributed by atoms with Crippen LogP contribution in [0.3, 0.4) is 0 Å².